The smallest absolute Gasteiger partial charge is 0.326 e. The van der Waals surface area contributed by atoms with Gasteiger partial charge in [-0.2, -0.15) is 0 Å². The van der Waals surface area contributed by atoms with Crippen LogP contribution in [0.3, 0.4) is 0 Å². The molecule has 1 aliphatic carbocycles. The molecule has 1 fully saturated rings. The number of imide groups is 1. The second kappa shape index (κ2) is 9.60. The summed E-state index contributed by atoms with van der Waals surface area (Å²) in [5.74, 6) is -0.633. The van der Waals surface area contributed by atoms with E-state index in [9.17, 15) is 14.4 Å². The van der Waals surface area contributed by atoms with E-state index in [-0.39, 0.29) is 24.3 Å². The lowest BCUT2D eigenvalue weighted by atomic mass is 9.97. The molecule has 0 spiro atoms. The SMILES string of the molecule is O=C(CC1C(=O)N(c2ccccc2)C(=O)N1CCC1=CCCCC1)Nc1ccccc1. The Hall–Kier alpha value is -3.41. The molecular weight excluding hydrogens is 390 g/mol. The Kier molecular flexibility index (Phi) is 6.46. The number of amides is 4. The molecule has 1 N–H and O–H groups in total. The van der Waals surface area contributed by atoms with E-state index in [1.54, 1.807) is 41.3 Å². The molecule has 0 aromatic heterocycles. The number of nitrogens with zero attached hydrogens (tertiary/aromatic N) is 2. The predicted octanol–water partition coefficient (Wildman–Crippen LogP) is 4.74. The van der Waals surface area contributed by atoms with E-state index >= 15 is 0 Å². The van der Waals surface area contributed by atoms with Crippen LogP contribution in [0, 0.1) is 0 Å². The third kappa shape index (κ3) is 4.85. The van der Waals surface area contributed by atoms with Crippen LogP contribution >= 0.6 is 0 Å². The maximum Gasteiger partial charge on any atom is 0.332 e. The average molecular weight is 418 g/mol. The molecule has 160 valence electrons. The number of rotatable bonds is 7. The van der Waals surface area contributed by atoms with Gasteiger partial charge in [-0.1, -0.05) is 48.0 Å². The van der Waals surface area contributed by atoms with Crippen LogP contribution in [0.25, 0.3) is 0 Å². The molecule has 1 aliphatic heterocycles. The molecule has 2 aromatic rings. The minimum Gasteiger partial charge on any atom is -0.326 e. The van der Waals surface area contributed by atoms with E-state index in [4.69, 9.17) is 0 Å². The van der Waals surface area contributed by atoms with Gasteiger partial charge in [-0.3, -0.25) is 9.59 Å². The van der Waals surface area contributed by atoms with Crippen molar-refractivity contribution in [2.45, 2.75) is 44.6 Å². The lowest BCUT2D eigenvalue weighted by molar-refractivity contribution is -0.124. The molecule has 6 heteroatoms. The van der Waals surface area contributed by atoms with E-state index in [1.807, 2.05) is 24.3 Å². The normalized spacial score (nSPS) is 18.8. The monoisotopic (exact) mass is 417 g/mol. The zero-order chi connectivity index (χ0) is 21.6. The van der Waals surface area contributed by atoms with Crippen molar-refractivity contribution in [3.05, 3.63) is 72.3 Å². The lowest BCUT2D eigenvalue weighted by Crippen LogP contribution is -2.38. The maximum atomic E-state index is 13.2. The van der Waals surface area contributed by atoms with E-state index < -0.39 is 6.04 Å². The highest BCUT2D eigenvalue weighted by Gasteiger charge is 2.46. The van der Waals surface area contributed by atoms with Crippen molar-refractivity contribution in [1.29, 1.82) is 0 Å². The highest BCUT2D eigenvalue weighted by atomic mass is 16.2. The summed E-state index contributed by atoms with van der Waals surface area (Å²) in [6, 6.07) is 16.9. The van der Waals surface area contributed by atoms with Crippen LogP contribution in [-0.2, 0) is 9.59 Å². The van der Waals surface area contributed by atoms with Gasteiger partial charge in [-0.05, 0) is 56.4 Å². The number of carbonyl (C=O) groups is 3. The molecule has 4 rings (SSSR count). The number of nitrogens with one attached hydrogen (secondary N) is 1. The zero-order valence-corrected chi connectivity index (χ0v) is 17.5. The van der Waals surface area contributed by atoms with Gasteiger partial charge < -0.3 is 10.2 Å². The van der Waals surface area contributed by atoms with Crippen molar-refractivity contribution < 1.29 is 14.4 Å². The van der Waals surface area contributed by atoms with Gasteiger partial charge in [0.2, 0.25) is 5.91 Å². The summed E-state index contributed by atoms with van der Waals surface area (Å²) >= 11 is 0. The summed E-state index contributed by atoms with van der Waals surface area (Å²) in [5.41, 5.74) is 2.53. The number of hydrogen-bond donors (Lipinski definition) is 1. The standard InChI is InChI=1S/C25H27N3O3/c29-23(26-20-12-6-2-7-13-20)18-22-24(30)28(21-14-8-3-9-15-21)25(31)27(22)17-16-19-10-4-1-5-11-19/h2-3,6-10,12-15,22H,1,4-5,11,16-18H2,(H,26,29). The van der Waals surface area contributed by atoms with Crippen molar-refractivity contribution in [3.63, 3.8) is 0 Å². The molecule has 1 heterocycles. The molecule has 0 bridgehead atoms. The highest BCUT2D eigenvalue weighted by molar-refractivity contribution is 6.22. The summed E-state index contributed by atoms with van der Waals surface area (Å²) in [6.45, 7) is 0.434. The Bertz CT molecular complexity index is 972. The van der Waals surface area contributed by atoms with Crippen molar-refractivity contribution >= 4 is 29.2 Å². The molecule has 0 saturated carbocycles. The van der Waals surface area contributed by atoms with Crippen LogP contribution in [0.5, 0.6) is 0 Å². The van der Waals surface area contributed by atoms with Gasteiger partial charge in [0.15, 0.2) is 0 Å². The van der Waals surface area contributed by atoms with Crippen LogP contribution in [-0.4, -0.2) is 35.3 Å². The largest absolute Gasteiger partial charge is 0.332 e. The first kappa shape index (κ1) is 20.8. The van der Waals surface area contributed by atoms with Gasteiger partial charge in [0.05, 0.1) is 12.1 Å². The van der Waals surface area contributed by atoms with Crippen LogP contribution < -0.4 is 10.2 Å². The number of carbonyl (C=O) groups excluding carboxylic acids is 3. The molecule has 31 heavy (non-hydrogen) atoms. The first-order chi connectivity index (χ1) is 15.1. The van der Waals surface area contributed by atoms with E-state index in [2.05, 4.69) is 11.4 Å². The topological polar surface area (TPSA) is 69.7 Å². The zero-order valence-electron chi connectivity index (χ0n) is 17.5. The van der Waals surface area contributed by atoms with Gasteiger partial charge in [0, 0.05) is 12.2 Å². The van der Waals surface area contributed by atoms with Crippen molar-refractivity contribution in [3.8, 4) is 0 Å². The summed E-state index contributed by atoms with van der Waals surface area (Å²) in [7, 11) is 0. The van der Waals surface area contributed by atoms with Gasteiger partial charge in [-0.15, -0.1) is 0 Å². The molecule has 1 atom stereocenters. The second-order valence-electron chi connectivity index (χ2n) is 7.98. The average Bonchev–Trinajstić information content (AvgIpc) is 3.03. The minimum absolute atomic E-state index is 0.0676. The second-order valence-corrected chi connectivity index (χ2v) is 7.98. The number of anilines is 2. The number of benzene rings is 2. The van der Waals surface area contributed by atoms with Gasteiger partial charge in [-0.25, -0.2) is 9.69 Å². The van der Waals surface area contributed by atoms with Crippen LogP contribution in [0.4, 0.5) is 16.2 Å². The van der Waals surface area contributed by atoms with E-state index in [1.165, 1.54) is 16.9 Å². The first-order valence-corrected chi connectivity index (χ1v) is 10.9. The van der Waals surface area contributed by atoms with Gasteiger partial charge in [0.25, 0.3) is 5.91 Å². The quantitative estimate of drug-likeness (QED) is 0.522. The first-order valence-electron chi connectivity index (χ1n) is 10.9. The molecule has 1 unspecified atom stereocenters. The number of urea groups is 1. The molecule has 1 saturated heterocycles. The highest BCUT2D eigenvalue weighted by Crippen LogP contribution is 2.29. The van der Waals surface area contributed by atoms with Crippen LogP contribution in [0.1, 0.15) is 38.5 Å². The molecule has 6 nitrogen and oxygen atoms in total. The van der Waals surface area contributed by atoms with Crippen molar-refractivity contribution in [2.75, 3.05) is 16.8 Å². The Balaban J connectivity index is 1.52. The third-order valence-electron chi connectivity index (χ3n) is 5.83. The van der Waals surface area contributed by atoms with Crippen LogP contribution in [0.15, 0.2) is 72.3 Å². The Morgan fingerprint density at radius 3 is 2.35 bits per heavy atom. The summed E-state index contributed by atoms with van der Waals surface area (Å²) in [5, 5.41) is 2.83. The Labute approximate surface area is 182 Å². The fraction of sp³-hybridized carbons (Fsp3) is 0.320. The molecule has 4 amide bonds. The van der Waals surface area contributed by atoms with Gasteiger partial charge in [0.1, 0.15) is 6.04 Å². The molecule has 0 radical (unpaired) electrons. The van der Waals surface area contributed by atoms with Crippen LogP contribution in [0.2, 0.25) is 0 Å². The molecule has 2 aromatic carbocycles. The maximum absolute atomic E-state index is 13.2. The summed E-state index contributed by atoms with van der Waals surface area (Å²) in [6.07, 6.45) is 7.39. The fourth-order valence-corrected chi connectivity index (χ4v) is 4.21. The molecular formula is C25H27N3O3. The summed E-state index contributed by atoms with van der Waals surface area (Å²) < 4.78 is 0. The predicted molar refractivity (Wildman–Crippen MR) is 121 cm³/mol. The van der Waals surface area contributed by atoms with Crippen molar-refractivity contribution in [2.24, 2.45) is 0 Å². The van der Waals surface area contributed by atoms with Crippen molar-refractivity contribution in [1.82, 2.24) is 4.90 Å². The Morgan fingerprint density at radius 2 is 1.68 bits per heavy atom. The van der Waals surface area contributed by atoms with Gasteiger partial charge >= 0.3 is 6.03 Å². The minimum atomic E-state index is -0.805. The van der Waals surface area contributed by atoms with E-state index in [0.717, 1.165) is 25.7 Å². The fourth-order valence-electron chi connectivity index (χ4n) is 4.21. The summed E-state index contributed by atoms with van der Waals surface area (Å²) in [4.78, 5) is 41.9. The number of para-hydroxylation sites is 2. The third-order valence-corrected chi connectivity index (χ3v) is 5.83. The number of allylic oxidation sites excluding steroid dienone is 1. The lowest BCUT2D eigenvalue weighted by Gasteiger charge is -2.23. The van der Waals surface area contributed by atoms with E-state index in [0.29, 0.717) is 17.9 Å². The number of hydrogen-bond acceptors (Lipinski definition) is 3. The Morgan fingerprint density at radius 1 is 0.968 bits per heavy atom. The molecule has 2 aliphatic rings.